The maximum Gasteiger partial charge on any atom is 0.155 e. The van der Waals surface area contributed by atoms with Gasteiger partial charge >= 0.3 is 0 Å². The first-order valence-electron chi connectivity index (χ1n) is 11.0. The molecular weight excluding hydrogens is 406 g/mol. The molecule has 1 fully saturated rings. The van der Waals surface area contributed by atoms with E-state index in [1.54, 1.807) is 6.20 Å². The van der Waals surface area contributed by atoms with E-state index in [9.17, 15) is 0 Å². The number of hydrogen-bond donors (Lipinski definition) is 0. The third-order valence-corrected chi connectivity index (χ3v) is 6.55. The van der Waals surface area contributed by atoms with Crippen molar-refractivity contribution in [3.8, 4) is 17.0 Å². The van der Waals surface area contributed by atoms with E-state index in [1.165, 1.54) is 25.7 Å². The molecule has 1 aliphatic rings. The molecule has 5 heteroatoms. The van der Waals surface area contributed by atoms with Gasteiger partial charge in [-0.1, -0.05) is 73.8 Å². The van der Waals surface area contributed by atoms with Crippen molar-refractivity contribution in [1.82, 2.24) is 14.4 Å². The standard InChI is InChI=1S/C26H26ClN3O/c1-18-10-12-20(13-11-18)26-29-23(24-25(27)28-14-15-30(24)26)21-8-5-9-22(16-21)31-17-19-6-3-2-4-7-19/h2-9,14-16,18,20H,10-13,17H2,1H3. The quantitative estimate of drug-likeness (QED) is 0.344. The second-order valence-corrected chi connectivity index (χ2v) is 8.87. The number of imidazole rings is 1. The third kappa shape index (κ3) is 4.17. The molecule has 0 spiro atoms. The molecule has 4 aromatic rings. The van der Waals surface area contributed by atoms with Crippen LogP contribution in [0.2, 0.25) is 5.15 Å². The van der Waals surface area contributed by atoms with E-state index in [-0.39, 0.29) is 0 Å². The van der Waals surface area contributed by atoms with Crippen LogP contribution < -0.4 is 4.74 Å². The predicted molar refractivity (Wildman–Crippen MR) is 125 cm³/mol. The second-order valence-electron chi connectivity index (χ2n) is 8.51. The molecule has 2 heterocycles. The molecule has 158 valence electrons. The molecule has 31 heavy (non-hydrogen) atoms. The van der Waals surface area contributed by atoms with E-state index in [4.69, 9.17) is 21.3 Å². The van der Waals surface area contributed by atoms with E-state index in [0.717, 1.165) is 39.8 Å². The van der Waals surface area contributed by atoms with Crippen LogP contribution in [0, 0.1) is 5.92 Å². The van der Waals surface area contributed by atoms with Crippen molar-refractivity contribution >= 4 is 17.1 Å². The highest BCUT2D eigenvalue weighted by molar-refractivity contribution is 6.33. The third-order valence-electron chi connectivity index (χ3n) is 6.27. The first kappa shape index (κ1) is 20.1. The lowest BCUT2D eigenvalue weighted by Gasteiger charge is -2.25. The molecule has 1 saturated carbocycles. The molecule has 0 amide bonds. The maximum atomic E-state index is 6.57. The molecule has 0 radical (unpaired) electrons. The Morgan fingerprint density at radius 1 is 1.03 bits per heavy atom. The fourth-order valence-corrected chi connectivity index (χ4v) is 4.74. The van der Waals surface area contributed by atoms with Gasteiger partial charge in [0.2, 0.25) is 0 Å². The lowest BCUT2D eigenvalue weighted by molar-refractivity contribution is 0.306. The molecule has 0 atom stereocenters. The minimum atomic E-state index is 0.452. The number of rotatable bonds is 5. The molecular formula is C26H26ClN3O. The van der Waals surface area contributed by atoms with Crippen molar-refractivity contribution in [2.24, 2.45) is 5.92 Å². The van der Waals surface area contributed by atoms with Gasteiger partial charge in [-0.05, 0) is 36.5 Å². The van der Waals surface area contributed by atoms with Crippen molar-refractivity contribution in [3.05, 3.63) is 83.5 Å². The van der Waals surface area contributed by atoms with Crippen molar-refractivity contribution in [2.75, 3.05) is 0 Å². The maximum absolute atomic E-state index is 6.57. The topological polar surface area (TPSA) is 39.4 Å². The summed E-state index contributed by atoms with van der Waals surface area (Å²) in [4.78, 5) is 9.45. The summed E-state index contributed by atoms with van der Waals surface area (Å²) in [6, 6.07) is 18.3. The van der Waals surface area contributed by atoms with Crippen LogP contribution in [0.4, 0.5) is 0 Å². The Kier molecular flexibility index (Phi) is 5.65. The highest BCUT2D eigenvalue weighted by Crippen LogP contribution is 2.39. The highest BCUT2D eigenvalue weighted by atomic mass is 35.5. The van der Waals surface area contributed by atoms with Gasteiger partial charge in [-0.25, -0.2) is 9.97 Å². The van der Waals surface area contributed by atoms with Gasteiger partial charge in [-0.2, -0.15) is 0 Å². The van der Waals surface area contributed by atoms with Crippen LogP contribution in [0.3, 0.4) is 0 Å². The largest absolute Gasteiger partial charge is 0.489 e. The number of benzene rings is 2. The van der Waals surface area contributed by atoms with Crippen LogP contribution >= 0.6 is 11.6 Å². The summed E-state index contributed by atoms with van der Waals surface area (Å²) in [7, 11) is 0. The molecule has 1 aliphatic carbocycles. The van der Waals surface area contributed by atoms with E-state index < -0.39 is 0 Å². The Bertz CT molecular complexity index is 1180. The van der Waals surface area contributed by atoms with Gasteiger partial charge in [0.1, 0.15) is 23.7 Å². The van der Waals surface area contributed by atoms with Crippen molar-refractivity contribution in [2.45, 2.75) is 45.1 Å². The summed E-state index contributed by atoms with van der Waals surface area (Å²) < 4.78 is 8.19. The van der Waals surface area contributed by atoms with Crippen LogP contribution in [0.1, 0.15) is 49.9 Å². The summed E-state index contributed by atoms with van der Waals surface area (Å²) in [6.45, 7) is 2.87. The minimum absolute atomic E-state index is 0.452. The molecule has 0 bridgehead atoms. The van der Waals surface area contributed by atoms with Gasteiger partial charge in [0.25, 0.3) is 0 Å². The van der Waals surface area contributed by atoms with Gasteiger partial charge in [0.05, 0.1) is 5.69 Å². The smallest absolute Gasteiger partial charge is 0.155 e. The SMILES string of the molecule is CC1CCC(c2nc(-c3cccc(OCc4ccccc4)c3)c3c(Cl)nccn23)CC1. The zero-order valence-electron chi connectivity index (χ0n) is 17.7. The number of aromatic nitrogens is 3. The lowest BCUT2D eigenvalue weighted by Crippen LogP contribution is -2.13. The molecule has 0 aliphatic heterocycles. The van der Waals surface area contributed by atoms with Crippen molar-refractivity contribution in [1.29, 1.82) is 0 Å². The summed E-state index contributed by atoms with van der Waals surface area (Å²) in [5, 5.41) is 0.482. The molecule has 4 nitrogen and oxygen atoms in total. The van der Waals surface area contributed by atoms with E-state index in [1.807, 2.05) is 42.6 Å². The monoisotopic (exact) mass is 431 g/mol. The van der Waals surface area contributed by atoms with E-state index in [0.29, 0.717) is 17.7 Å². The summed E-state index contributed by atoms with van der Waals surface area (Å²) in [5.74, 6) is 3.16. The Labute approximate surface area is 187 Å². The predicted octanol–water partition coefficient (Wildman–Crippen LogP) is 6.92. The molecule has 2 aromatic heterocycles. The lowest BCUT2D eigenvalue weighted by atomic mass is 9.82. The fraction of sp³-hybridized carbons (Fsp3) is 0.308. The Morgan fingerprint density at radius 3 is 2.65 bits per heavy atom. The van der Waals surface area contributed by atoms with Crippen molar-refractivity contribution < 1.29 is 4.74 Å². The minimum Gasteiger partial charge on any atom is -0.489 e. The Balaban J connectivity index is 1.50. The highest BCUT2D eigenvalue weighted by Gasteiger charge is 2.26. The van der Waals surface area contributed by atoms with Crippen LogP contribution in [0.25, 0.3) is 16.8 Å². The van der Waals surface area contributed by atoms with Gasteiger partial charge in [-0.15, -0.1) is 0 Å². The van der Waals surface area contributed by atoms with Gasteiger partial charge in [-0.3, -0.25) is 4.40 Å². The average Bonchev–Trinajstić information content (AvgIpc) is 3.20. The summed E-state index contributed by atoms with van der Waals surface area (Å²) >= 11 is 6.57. The van der Waals surface area contributed by atoms with Crippen LogP contribution in [0.15, 0.2) is 67.0 Å². The second kappa shape index (κ2) is 8.72. The Morgan fingerprint density at radius 2 is 1.84 bits per heavy atom. The number of fused-ring (bicyclic) bond motifs is 1. The van der Waals surface area contributed by atoms with E-state index >= 15 is 0 Å². The first-order chi connectivity index (χ1) is 15.2. The molecule has 5 rings (SSSR count). The summed E-state index contributed by atoms with van der Waals surface area (Å²) in [5.41, 5.74) is 3.88. The van der Waals surface area contributed by atoms with Gasteiger partial charge < -0.3 is 4.74 Å². The van der Waals surface area contributed by atoms with Gasteiger partial charge in [0.15, 0.2) is 5.15 Å². The zero-order chi connectivity index (χ0) is 21.2. The number of nitrogens with zero attached hydrogens (tertiary/aromatic N) is 3. The molecule has 0 N–H and O–H groups in total. The fourth-order valence-electron chi connectivity index (χ4n) is 4.51. The van der Waals surface area contributed by atoms with Crippen LogP contribution in [-0.2, 0) is 6.61 Å². The number of halogens is 1. The van der Waals surface area contributed by atoms with Crippen molar-refractivity contribution in [3.63, 3.8) is 0 Å². The summed E-state index contributed by atoms with van der Waals surface area (Å²) in [6.07, 6.45) is 8.57. The van der Waals surface area contributed by atoms with Crippen LogP contribution in [-0.4, -0.2) is 14.4 Å². The first-order valence-corrected chi connectivity index (χ1v) is 11.4. The normalized spacial score (nSPS) is 18.9. The molecule has 2 aromatic carbocycles. The average molecular weight is 432 g/mol. The van der Waals surface area contributed by atoms with E-state index in [2.05, 4.69) is 34.5 Å². The zero-order valence-corrected chi connectivity index (χ0v) is 18.4. The number of ether oxygens (including phenoxy) is 1. The molecule has 0 saturated heterocycles. The van der Waals surface area contributed by atoms with Crippen LogP contribution in [0.5, 0.6) is 5.75 Å². The Hall–Kier alpha value is -2.85. The van der Waals surface area contributed by atoms with Gasteiger partial charge in [0, 0.05) is 23.9 Å². The number of hydrogen-bond acceptors (Lipinski definition) is 3. The molecule has 0 unspecified atom stereocenters.